The van der Waals surface area contributed by atoms with Gasteiger partial charge in [-0.1, -0.05) is 25.7 Å². The van der Waals surface area contributed by atoms with Gasteiger partial charge in [-0.25, -0.2) is 0 Å². The molecule has 110 valence electrons. The molecule has 0 spiro atoms. The Kier molecular flexibility index (Phi) is 4.28. The largest absolute Gasteiger partial charge is 0.423 e. The summed E-state index contributed by atoms with van der Waals surface area (Å²) >= 11 is 0. The van der Waals surface area contributed by atoms with Crippen molar-refractivity contribution in [1.29, 1.82) is 0 Å². The van der Waals surface area contributed by atoms with E-state index in [0.29, 0.717) is 17.5 Å². The molecule has 5 heteroatoms. The van der Waals surface area contributed by atoms with Gasteiger partial charge in [-0.2, -0.15) is 0 Å². The molecule has 5 nitrogen and oxygen atoms in total. The summed E-state index contributed by atoms with van der Waals surface area (Å²) in [6.07, 6.45) is 8.46. The molecule has 1 aliphatic carbocycles. The van der Waals surface area contributed by atoms with Crippen LogP contribution in [-0.4, -0.2) is 22.1 Å². The Morgan fingerprint density at radius 1 is 1.10 bits per heavy atom. The molecule has 1 heterocycles. The number of carbonyl (C=O) groups is 1. The van der Waals surface area contributed by atoms with Crippen LogP contribution in [0.1, 0.15) is 48.9 Å². The monoisotopic (exact) mass is 285 g/mol. The third kappa shape index (κ3) is 3.48. The SMILES string of the molecule is O=C(NC1CCCCCC1)c1ccc(-c2nnco2)cc1. The number of nitrogens with one attached hydrogen (secondary N) is 1. The van der Waals surface area contributed by atoms with E-state index in [2.05, 4.69) is 15.5 Å². The Balaban J connectivity index is 1.64. The van der Waals surface area contributed by atoms with Crippen molar-refractivity contribution in [2.45, 2.75) is 44.6 Å². The molecular weight excluding hydrogens is 266 g/mol. The molecule has 1 fully saturated rings. The zero-order valence-electron chi connectivity index (χ0n) is 11.9. The van der Waals surface area contributed by atoms with Gasteiger partial charge < -0.3 is 9.73 Å². The summed E-state index contributed by atoms with van der Waals surface area (Å²) in [6.45, 7) is 0. The van der Waals surface area contributed by atoms with Crippen molar-refractivity contribution in [1.82, 2.24) is 15.5 Å². The van der Waals surface area contributed by atoms with Crippen LogP contribution < -0.4 is 5.32 Å². The van der Waals surface area contributed by atoms with Crippen molar-refractivity contribution in [3.63, 3.8) is 0 Å². The number of amides is 1. The van der Waals surface area contributed by atoms with E-state index in [0.717, 1.165) is 18.4 Å². The van der Waals surface area contributed by atoms with Gasteiger partial charge >= 0.3 is 0 Å². The van der Waals surface area contributed by atoms with Gasteiger partial charge in [0.1, 0.15) is 0 Å². The zero-order valence-corrected chi connectivity index (χ0v) is 11.9. The van der Waals surface area contributed by atoms with Crippen LogP contribution in [0.5, 0.6) is 0 Å². The van der Waals surface area contributed by atoms with Gasteiger partial charge in [0.25, 0.3) is 5.91 Å². The second-order valence-electron chi connectivity index (χ2n) is 5.48. The predicted molar refractivity (Wildman–Crippen MR) is 78.7 cm³/mol. The summed E-state index contributed by atoms with van der Waals surface area (Å²) in [6, 6.07) is 7.57. The highest BCUT2D eigenvalue weighted by Crippen LogP contribution is 2.19. The average molecular weight is 285 g/mol. The maximum Gasteiger partial charge on any atom is 0.251 e. The first kappa shape index (κ1) is 13.8. The molecule has 0 aliphatic heterocycles. The zero-order chi connectivity index (χ0) is 14.5. The van der Waals surface area contributed by atoms with Crippen molar-refractivity contribution < 1.29 is 9.21 Å². The summed E-state index contributed by atoms with van der Waals surface area (Å²) < 4.78 is 5.13. The van der Waals surface area contributed by atoms with Gasteiger partial charge in [0.2, 0.25) is 12.3 Å². The molecule has 21 heavy (non-hydrogen) atoms. The van der Waals surface area contributed by atoms with Crippen LogP contribution in [-0.2, 0) is 0 Å². The van der Waals surface area contributed by atoms with Gasteiger partial charge in [-0.15, -0.1) is 10.2 Å². The quantitative estimate of drug-likeness (QED) is 0.879. The molecule has 1 N–H and O–H groups in total. The minimum absolute atomic E-state index is 0.000945. The molecule has 2 aromatic rings. The molecule has 3 rings (SSSR count). The molecule has 1 saturated carbocycles. The molecule has 1 amide bonds. The number of rotatable bonds is 3. The van der Waals surface area contributed by atoms with Crippen molar-refractivity contribution in [2.75, 3.05) is 0 Å². The number of nitrogens with zero attached hydrogens (tertiary/aromatic N) is 2. The number of hydrogen-bond acceptors (Lipinski definition) is 4. The van der Waals surface area contributed by atoms with Crippen LogP contribution in [0.3, 0.4) is 0 Å². The van der Waals surface area contributed by atoms with Gasteiger partial charge in [-0.3, -0.25) is 4.79 Å². The summed E-state index contributed by atoms with van der Waals surface area (Å²) in [5.74, 6) is 0.463. The maximum absolute atomic E-state index is 12.3. The van der Waals surface area contributed by atoms with Crippen LogP contribution in [0.2, 0.25) is 0 Å². The normalized spacial score (nSPS) is 16.4. The lowest BCUT2D eigenvalue weighted by Crippen LogP contribution is -2.34. The number of aromatic nitrogens is 2. The Hall–Kier alpha value is -2.17. The fourth-order valence-corrected chi connectivity index (χ4v) is 2.76. The molecule has 0 bridgehead atoms. The second-order valence-corrected chi connectivity index (χ2v) is 5.48. The Bertz CT molecular complexity index is 570. The van der Waals surface area contributed by atoms with E-state index in [4.69, 9.17) is 4.42 Å². The lowest BCUT2D eigenvalue weighted by molar-refractivity contribution is 0.0933. The van der Waals surface area contributed by atoms with Gasteiger partial charge in [0.05, 0.1) is 0 Å². The lowest BCUT2D eigenvalue weighted by Gasteiger charge is -2.16. The molecule has 1 aromatic carbocycles. The number of carbonyl (C=O) groups excluding carboxylic acids is 1. The van der Waals surface area contributed by atoms with Crippen molar-refractivity contribution >= 4 is 5.91 Å². The van der Waals surface area contributed by atoms with Gasteiger partial charge in [0.15, 0.2) is 0 Å². The summed E-state index contributed by atoms with van der Waals surface area (Å²) in [5.41, 5.74) is 1.49. The van der Waals surface area contributed by atoms with E-state index in [1.54, 1.807) is 12.1 Å². The van der Waals surface area contributed by atoms with Crippen molar-refractivity contribution in [2.24, 2.45) is 0 Å². The summed E-state index contributed by atoms with van der Waals surface area (Å²) in [5, 5.41) is 10.6. The Morgan fingerprint density at radius 3 is 2.43 bits per heavy atom. The molecule has 0 atom stereocenters. The third-order valence-corrected chi connectivity index (χ3v) is 3.94. The summed E-state index contributed by atoms with van der Waals surface area (Å²) in [7, 11) is 0. The minimum Gasteiger partial charge on any atom is -0.423 e. The predicted octanol–water partition coefficient (Wildman–Crippen LogP) is 3.19. The fraction of sp³-hybridized carbons (Fsp3) is 0.438. The number of benzene rings is 1. The highest BCUT2D eigenvalue weighted by Gasteiger charge is 2.16. The molecule has 0 unspecified atom stereocenters. The van der Waals surface area contributed by atoms with Gasteiger partial charge in [-0.05, 0) is 37.1 Å². The number of hydrogen-bond donors (Lipinski definition) is 1. The lowest BCUT2D eigenvalue weighted by atomic mass is 10.1. The van der Waals surface area contributed by atoms with Crippen LogP contribution in [0.15, 0.2) is 35.1 Å². The van der Waals surface area contributed by atoms with Gasteiger partial charge in [0, 0.05) is 17.2 Å². The van der Waals surface area contributed by atoms with E-state index in [-0.39, 0.29) is 5.91 Å². The Labute approximate surface area is 123 Å². The average Bonchev–Trinajstić information content (AvgIpc) is 2.93. The smallest absolute Gasteiger partial charge is 0.251 e. The highest BCUT2D eigenvalue weighted by molar-refractivity contribution is 5.94. The third-order valence-electron chi connectivity index (χ3n) is 3.94. The highest BCUT2D eigenvalue weighted by atomic mass is 16.4. The maximum atomic E-state index is 12.3. The van der Waals surface area contributed by atoms with Crippen LogP contribution in [0, 0.1) is 0 Å². The fourth-order valence-electron chi connectivity index (χ4n) is 2.76. The van der Waals surface area contributed by atoms with E-state index in [1.807, 2.05) is 12.1 Å². The summed E-state index contributed by atoms with van der Waals surface area (Å²) in [4.78, 5) is 12.3. The molecule has 1 aromatic heterocycles. The van der Waals surface area contributed by atoms with Crippen LogP contribution >= 0.6 is 0 Å². The van der Waals surface area contributed by atoms with Crippen molar-refractivity contribution in [3.8, 4) is 11.5 Å². The topological polar surface area (TPSA) is 68.0 Å². The first-order chi connectivity index (χ1) is 10.3. The molecule has 1 aliphatic rings. The molecule has 0 saturated heterocycles. The van der Waals surface area contributed by atoms with E-state index in [1.165, 1.54) is 32.1 Å². The Morgan fingerprint density at radius 2 is 1.81 bits per heavy atom. The van der Waals surface area contributed by atoms with E-state index in [9.17, 15) is 4.79 Å². The van der Waals surface area contributed by atoms with Crippen LogP contribution in [0.4, 0.5) is 0 Å². The van der Waals surface area contributed by atoms with Crippen LogP contribution in [0.25, 0.3) is 11.5 Å². The molecule has 0 radical (unpaired) electrons. The standard InChI is InChI=1S/C16H19N3O2/c20-15(18-14-5-3-1-2-4-6-14)12-7-9-13(10-8-12)16-19-17-11-21-16/h7-11,14H,1-6H2,(H,18,20). The first-order valence-electron chi connectivity index (χ1n) is 7.50. The van der Waals surface area contributed by atoms with Crippen molar-refractivity contribution in [3.05, 3.63) is 36.2 Å². The van der Waals surface area contributed by atoms with E-state index >= 15 is 0 Å². The second kappa shape index (κ2) is 6.52. The minimum atomic E-state index is -0.000945. The first-order valence-corrected chi connectivity index (χ1v) is 7.50. The van der Waals surface area contributed by atoms with E-state index < -0.39 is 0 Å². The molecular formula is C16H19N3O2.